The molecule has 0 saturated heterocycles. The zero-order valence-electron chi connectivity index (χ0n) is 12.8. The Balaban J connectivity index is 2.16. The molecule has 0 bridgehead atoms. The molecule has 0 radical (unpaired) electrons. The second kappa shape index (κ2) is 5.73. The van der Waals surface area contributed by atoms with E-state index in [1.54, 1.807) is 7.11 Å². The molecule has 0 saturated carbocycles. The van der Waals surface area contributed by atoms with Crippen molar-refractivity contribution in [1.82, 2.24) is 5.32 Å². The van der Waals surface area contributed by atoms with Crippen LogP contribution >= 0.6 is 0 Å². The van der Waals surface area contributed by atoms with Gasteiger partial charge in [0, 0.05) is 19.2 Å². The van der Waals surface area contributed by atoms with Crippen LogP contribution in [0.2, 0.25) is 0 Å². The number of anilines is 1. The van der Waals surface area contributed by atoms with E-state index in [4.69, 9.17) is 4.74 Å². The lowest BCUT2D eigenvalue weighted by Crippen LogP contribution is -2.45. The Morgan fingerprint density at radius 3 is 2.80 bits per heavy atom. The first-order valence-corrected chi connectivity index (χ1v) is 7.13. The van der Waals surface area contributed by atoms with Crippen LogP contribution in [-0.4, -0.2) is 26.2 Å². The molecule has 20 heavy (non-hydrogen) atoms. The first-order chi connectivity index (χ1) is 9.40. The van der Waals surface area contributed by atoms with Gasteiger partial charge >= 0.3 is 6.03 Å². The highest BCUT2D eigenvalue weighted by Gasteiger charge is 2.24. The van der Waals surface area contributed by atoms with Crippen molar-refractivity contribution in [3.8, 4) is 5.75 Å². The summed E-state index contributed by atoms with van der Waals surface area (Å²) < 4.78 is 5.26. The topological polar surface area (TPSA) is 41.6 Å². The molecule has 2 amide bonds. The number of rotatable bonds is 2. The molecule has 4 heteroatoms. The third-order valence-corrected chi connectivity index (χ3v) is 3.43. The number of fused-ring (bicyclic) bond motifs is 1. The molecule has 1 aromatic carbocycles. The average Bonchev–Trinajstić information content (AvgIpc) is 2.42. The van der Waals surface area contributed by atoms with Gasteiger partial charge in [-0.15, -0.1) is 0 Å². The number of urea groups is 1. The smallest absolute Gasteiger partial charge is 0.321 e. The van der Waals surface area contributed by atoms with E-state index in [1.165, 1.54) is 5.56 Å². The molecule has 1 aliphatic heterocycles. The van der Waals surface area contributed by atoms with Crippen LogP contribution in [0.1, 0.15) is 32.8 Å². The SMILES string of the molecule is COc1ccc2c(c1)N(C(=O)NCC(C)(C)C)CCC2. The molecule has 0 aromatic heterocycles. The fourth-order valence-corrected chi connectivity index (χ4v) is 2.33. The molecule has 0 atom stereocenters. The molecule has 0 unspecified atom stereocenters. The number of carbonyl (C=O) groups is 1. The number of ether oxygens (including phenoxy) is 1. The van der Waals surface area contributed by atoms with E-state index in [1.807, 2.05) is 17.0 Å². The summed E-state index contributed by atoms with van der Waals surface area (Å²) >= 11 is 0. The van der Waals surface area contributed by atoms with Crippen LogP contribution in [0.5, 0.6) is 5.75 Å². The monoisotopic (exact) mass is 276 g/mol. The molecule has 2 rings (SSSR count). The van der Waals surface area contributed by atoms with E-state index < -0.39 is 0 Å². The summed E-state index contributed by atoms with van der Waals surface area (Å²) in [5, 5.41) is 3.02. The van der Waals surface area contributed by atoms with Gasteiger partial charge in [0.2, 0.25) is 0 Å². The van der Waals surface area contributed by atoms with Crippen LogP contribution in [0.25, 0.3) is 0 Å². The predicted molar refractivity (Wildman–Crippen MR) is 81.5 cm³/mol. The lowest BCUT2D eigenvalue weighted by molar-refractivity contribution is 0.240. The number of nitrogens with zero attached hydrogens (tertiary/aromatic N) is 1. The zero-order chi connectivity index (χ0) is 14.8. The maximum Gasteiger partial charge on any atom is 0.321 e. The molecule has 1 aliphatic rings. The molecule has 4 nitrogen and oxygen atoms in total. The van der Waals surface area contributed by atoms with Gasteiger partial charge in [0.25, 0.3) is 0 Å². The Morgan fingerprint density at radius 2 is 2.15 bits per heavy atom. The van der Waals surface area contributed by atoms with Crippen molar-refractivity contribution in [2.24, 2.45) is 5.41 Å². The van der Waals surface area contributed by atoms with Crippen LogP contribution in [0.15, 0.2) is 18.2 Å². The fourth-order valence-electron chi connectivity index (χ4n) is 2.33. The van der Waals surface area contributed by atoms with Crippen molar-refractivity contribution in [1.29, 1.82) is 0 Å². The highest BCUT2D eigenvalue weighted by Crippen LogP contribution is 2.31. The summed E-state index contributed by atoms with van der Waals surface area (Å²) in [5.41, 5.74) is 2.27. The van der Waals surface area contributed by atoms with E-state index in [0.29, 0.717) is 6.54 Å². The minimum absolute atomic E-state index is 0.0193. The second-order valence-electron chi connectivity index (χ2n) is 6.47. The van der Waals surface area contributed by atoms with Gasteiger partial charge in [0.15, 0.2) is 0 Å². The summed E-state index contributed by atoms with van der Waals surface area (Å²) in [5.74, 6) is 0.791. The number of aryl methyl sites for hydroxylation is 1. The highest BCUT2D eigenvalue weighted by atomic mass is 16.5. The standard InChI is InChI=1S/C16H24N2O2/c1-16(2,3)11-17-15(19)18-9-5-6-12-7-8-13(20-4)10-14(12)18/h7-8,10H,5-6,9,11H2,1-4H3,(H,17,19). The van der Waals surface area contributed by atoms with Crippen molar-refractivity contribution < 1.29 is 9.53 Å². The van der Waals surface area contributed by atoms with Crippen molar-refractivity contribution in [2.45, 2.75) is 33.6 Å². The Bertz CT molecular complexity index is 492. The van der Waals surface area contributed by atoms with Crippen LogP contribution < -0.4 is 15.0 Å². The quantitative estimate of drug-likeness (QED) is 0.901. The first-order valence-electron chi connectivity index (χ1n) is 7.13. The van der Waals surface area contributed by atoms with Gasteiger partial charge in [0.05, 0.1) is 12.8 Å². The number of hydrogen-bond donors (Lipinski definition) is 1. The number of hydrogen-bond acceptors (Lipinski definition) is 2. The summed E-state index contributed by atoms with van der Waals surface area (Å²) in [6, 6.07) is 5.94. The minimum atomic E-state index is -0.0193. The molecule has 0 spiro atoms. The van der Waals surface area contributed by atoms with Crippen LogP contribution in [0, 0.1) is 5.41 Å². The third-order valence-electron chi connectivity index (χ3n) is 3.43. The second-order valence-corrected chi connectivity index (χ2v) is 6.47. The van der Waals surface area contributed by atoms with E-state index >= 15 is 0 Å². The molecule has 0 fully saturated rings. The highest BCUT2D eigenvalue weighted by molar-refractivity contribution is 5.93. The summed E-state index contributed by atoms with van der Waals surface area (Å²) in [6.45, 7) is 7.76. The summed E-state index contributed by atoms with van der Waals surface area (Å²) in [7, 11) is 1.65. The summed E-state index contributed by atoms with van der Waals surface area (Å²) in [6.07, 6.45) is 2.02. The summed E-state index contributed by atoms with van der Waals surface area (Å²) in [4.78, 5) is 14.2. The van der Waals surface area contributed by atoms with E-state index in [9.17, 15) is 4.79 Å². The number of methoxy groups -OCH3 is 1. The van der Waals surface area contributed by atoms with Gasteiger partial charge < -0.3 is 10.1 Å². The molecule has 1 aromatic rings. The molecular weight excluding hydrogens is 252 g/mol. The van der Waals surface area contributed by atoms with Gasteiger partial charge in [-0.25, -0.2) is 4.79 Å². The number of carbonyl (C=O) groups excluding carboxylic acids is 1. The third kappa shape index (κ3) is 3.44. The van der Waals surface area contributed by atoms with Gasteiger partial charge in [-0.2, -0.15) is 0 Å². The normalized spacial score (nSPS) is 14.7. The average molecular weight is 276 g/mol. The minimum Gasteiger partial charge on any atom is -0.497 e. The van der Waals surface area contributed by atoms with Gasteiger partial charge in [-0.3, -0.25) is 4.90 Å². The predicted octanol–water partition coefficient (Wildman–Crippen LogP) is 3.20. The van der Waals surface area contributed by atoms with Gasteiger partial charge in [0.1, 0.15) is 5.75 Å². The zero-order valence-corrected chi connectivity index (χ0v) is 12.8. The van der Waals surface area contributed by atoms with E-state index in [0.717, 1.165) is 30.8 Å². The first kappa shape index (κ1) is 14.7. The van der Waals surface area contributed by atoms with Crippen LogP contribution in [0.3, 0.4) is 0 Å². The van der Waals surface area contributed by atoms with E-state index in [2.05, 4.69) is 32.2 Å². The van der Waals surface area contributed by atoms with Crippen molar-refractivity contribution in [3.05, 3.63) is 23.8 Å². The molecular formula is C16H24N2O2. The molecule has 0 aliphatic carbocycles. The maximum atomic E-state index is 12.4. The largest absolute Gasteiger partial charge is 0.497 e. The fraction of sp³-hybridized carbons (Fsp3) is 0.562. The Morgan fingerprint density at radius 1 is 1.40 bits per heavy atom. The van der Waals surface area contributed by atoms with Crippen LogP contribution in [-0.2, 0) is 6.42 Å². The molecule has 1 N–H and O–H groups in total. The van der Waals surface area contributed by atoms with Crippen molar-refractivity contribution in [2.75, 3.05) is 25.1 Å². The van der Waals surface area contributed by atoms with Crippen molar-refractivity contribution >= 4 is 11.7 Å². The molecule has 110 valence electrons. The van der Waals surface area contributed by atoms with E-state index in [-0.39, 0.29) is 11.4 Å². The van der Waals surface area contributed by atoms with Crippen LogP contribution in [0.4, 0.5) is 10.5 Å². The lowest BCUT2D eigenvalue weighted by atomic mass is 9.97. The Labute approximate surface area is 121 Å². The number of amides is 2. The number of benzene rings is 1. The van der Waals surface area contributed by atoms with Crippen molar-refractivity contribution in [3.63, 3.8) is 0 Å². The van der Waals surface area contributed by atoms with Gasteiger partial charge in [-0.05, 0) is 29.9 Å². The Hall–Kier alpha value is -1.71. The van der Waals surface area contributed by atoms with Gasteiger partial charge in [-0.1, -0.05) is 26.8 Å². The molecule has 1 heterocycles. The lowest BCUT2D eigenvalue weighted by Gasteiger charge is -2.31. The maximum absolute atomic E-state index is 12.4. The number of nitrogens with one attached hydrogen (secondary N) is 1. The Kier molecular flexibility index (Phi) is 4.21.